The molecule has 0 aromatic heterocycles. The molecule has 1 fully saturated rings. The minimum atomic E-state index is -0.782. The fourth-order valence-electron chi connectivity index (χ4n) is 2.79. The summed E-state index contributed by atoms with van der Waals surface area (Å²) in [5, 5.41) is 12.4. The minimum Gasteiger partial charge on any atom is -0.496 e. The number of carbonyl (C=O) groups is 1. The third-order valence-corrected chi connectivity index (χ3v) is 3.79. The van der Waals surface area contributed by atoms with E-state index in [4.69, 9.17) is 19.3 Å². The molecule has 0 bridgehead atoms. The third kappa shape index (κ3) is 3.11. The molecule has 1 aromatic rings. The molecule has 6 heteroatoms. The molecule has 21 heavy (non-hydrogen) atoms. The van der Waals surface area contributed by atoms with Crippen molar-refractivity contribution < 1.29 is 24.1 Å². The Labute approximate surface area is 124 Å². The van der Waals surface area contributed by atoms with Gasteiger partial charge in [0.15, 0.2) is 0 Å². The van der Waals surface area contributed by atoms with Crippen LogP contribution in [0.15, 0.2) is 12.1 Å². The number of carboxylic acid groups (broad SMARTS) is 1. The van der Waals surface area contributed by atoms with Gasteiger partial charge in [0.25, 0.3) is 0 Å². The van der Waals surface area contributed by atoms with E-state index in [1.54, 1.807) is 21.3 Å². The summed E-state index contributed by atoms with van der Waals surface area (Å²) in [4.78, 5) is 11.1. The molecule has 1 aromatic carbocycles. The SMILES string of the molecule is COCc1ccc(OC)c(C2CC(C(=O)O)CN2)c1OC. The van der Waals surface area contributed by atoms with Crippen LogP contribution >= 0.6 is 0 Å². The summed E-state index contributed by atoms with van der Waals surface area (Å²) in [7, 11) is 4.82. The zero-order valence-electron chi connectivity index (χ0n) is 12.5. The number of ether oxygens (including phenoxy) is 3. The van der Waals surface area contributed by atoms with Crippen LogP contribution in [0.25, 0.3) is 0 Å². The van der Waals surface area contributed by atoms with Crippen molar-refractivity contribution in [3.8, 4) is 11.5 Å². The normalized spacial score (nSPS) is 21.3. The summed E-state index contributed by atoms with van der Waals surface area (Å²) < 4.78 is 16.1. The van der Waals surface area contributed by atoms with Gasteiger partial charge in [-0.2, -0.15) is 0 Å². The molecular weight excluding hydrogens is 274 g/mol. The van der Waals surface area contributed by atoms with Crippen molar-refractivity contribution in [1.82, 2.24) is 5.32 Å². The zero-order chi connectivity index (χ0) is 15.4. The van der Waals surface area contributed by atoms with Crippen LogP contribution < -0.4 is 14.8 Å². The number of methoxy groups -OCH3 is 3. The zero-order valence-corrected chi connectivity index (χ0v) is 12.5. The summed E-state index contributed by atoms with van der Waals surface area (Å²) in [6.45, 7) is 0.871. The standard InChI is InChI=1S/C15H21NO5/c1-19-8-9-4-5-12(20-2)13(14(9)21-3)11-6-10(7-16-11)15(17)18/h4-5,10-11,16H,6-8H2,1-3H3,(H,17,18). The van der Waals surface area contributed by atoms with E-state index in [1.165, 1.54) is 0 Å². The average molecular weight is 295 g/mol. The van der Waals surface area contributed by atoms with Crippen LogP contribution in [0.1, 0.15) is 23.6 Å². The van der Waals surface area contributed by atoms with E-state index >= 15 is 0 Å². The lowest BCUT2D eigenvalue weighted by Crippen LogP contribution is -2.18. The Morgan fingerprint density at radius 3 is 2.62 bits per heavy atom. The van der Waals surface area contributed by atoms with Crippen molar-refractivity contribution in [2.24, 2.45) is 5.92 Å². The summed E-state index contributed by atoms with van der Waals surface area (Å²) >= 11 is 0. The number of carboxylic acids is 1. The summed E-state index contributed by atoms with van der Waals surface area (Å²) in [6, 6.07) is 3.66. The molecule has 0 saturated carbocycles. The van der Waals surface area contributed by atoms with E-state index in [1.807, 2.05) is 12.1 Å². The fourth-order valence-corrected chi connectivity index (χ4v) is 2.79. The third-order valence-electron chi connectivity index (χ3n) is 3.79. The highest BCUT2D eigenvalue weighted by Gasteiger charge is 2.34. The summed E-state index contributed by atoms with van der Waals surface area (Å²) in [5.74, 6) is 0.210. The van der Waals surface area contributed by atoms with Gasteiger partial charge in [-0.05, 0) is 18.6 Å². The fraction of sp³-hybridized carbons (Fsp3) is 0.533. The van der Waals surface area contributed by atoms with Gasteiger partial charge >= 0.3 is 5.97 Å². The molecule has 2 atom stereocenters. The highest BCUT2D eigenvalue weighted by atomic mass is 16.5. The maximum atomic E-state index is 11.1. The first-order valence-electron chi connectivity index (χ1n) is 6.81. The monoisotopic (exact) mass is 295 g/mol. The number of hydrogen-bond donors (Lipinski definition) is 2. The van der Waals surface area contributed by atoms with E-state index in [0.29, 0.717) is 31.1 Å². The maximum absolute atomic E-state index is 11.1. The molecule has 0 radical (unpaired) electrons. The van der Waals surface area contributed by atoms with E-state index in [-0.39, 0.29) is 6.04 Å². The Balaban J connectivity index is 2.40. The predicted molar refractivity (Wildman–Crippen MR) is 76.7 cm³/mol. The first-order valence-corrected chi connectivity index (χ1v) is 6.81. The molecule has 116 valence electrons. The Kier molecular flexibility index (Phi) is 5.03. The van der Waals surface area contributed by atoms with Gasteiger partial charge in [-0.25, -0.2) is 0 Å². The summed E-state index contributed by atoms with van der Waals surface area (Å²) in [6.07, 6.45) is 0.512. The van der Waals surface area contributed by atoms with Gasteiger partial charge < -0.3 is 24.6 Å². The molecule has 2 rings (SSSR count). The average Bonchev–Trinajstić information content (AvgIpc) is 2.96. The summed E-state index contributed by atoms with van der Waals surface area (Å²) in [5.41, 5.74) is 1.77. The van der Waals surface area contributed by atoms with Crippen molar-refractivity contribution in [1.29, 1.82) is 0 Å². The van der Waals surface area contributed by atoms with Crippen LogP contribution in [0, 0.1) is 5.92 Å². The maximum Gasteiger partial charge on any atom is 0.307 e. The molecule has 2 N–H and O–H groups in total. The lowest BCUT2D eigenvalue weighted by Gasteiger charge is -2.21. The van der Waals surface area contributed by atoms with Gasteiger partial charge in [-0.3, -0.25) is 4.79 Å². The molecule has 1 aliphatic heterocycles. The number of rotatable bonds is 6. The van der Waals surface area contributed by atoms with Gasteiger partial charge in [-0.15, -0.1) is 0 Å². The van der Waals surface area contributed by atoms with Gasteiger partial charge in [0, 0.05) is 25.3 Å². The van der Waals surface area contributed by atoms with E-state index < -0.39 is 11.9 Å². The van der Waals surface area contributed by atoms with Crippen LogP contribution in [0.3, 0.4) is 0 Å². The lowest BCUT2D eigenvalue weighted by molar-refractivity contribution is -0.141. The van der Waals surface area contributed by atoms with Gasteiger partial charge in [0.1, 0.15) is 11.5 Å². The second-order valence-corrected chi connectivity index (χ2v) is 5.04. The highest BCUT2D eigenvalue weighted by Crippen LogP contribution is 2.41. The molecule has 2 unspecified atom stereocenters. The van der Waals surface area contributed by atoms with Crippen LogP contribution in [-0.2, 0) is 16.1 Å². The van der Waals surface area contributed by atoms with Crippen molar-refractivity contribution >= 4 is 5.97 Å². The largest absolute Gasteiger partial charge is 0.496 e. The number of nitrogens with one attached hydrogen (secondary N) is 1. The second-order valence-electron chi connectivity index (χ2n) is 5.04. The number of aliphatic carboxylic acids is 1. The van der Waals surface area contributed by atoms with Crippen LogP contribution in [-0.4, -0.2) is 38.9 Å². The second kappa shape index (κ2) is 6.78. The molecule has 0 spiro atoms. The molecule has 0 amide bonds. The van der Waals surface area contributed by atoms with Crippen LogP contribution in [0.5, 0.6) is 11.5 Å². The Hall–Kier alpha value is -1.79. The molecule has 1 aliphatic rings. The molecule has 1 saturated heterocycles. The molecule has 0 aliphatic carbocycles. The lowest BCUT2D eigenvalue weighted by atomic mass is 9.96. The van der Waals surface area contributed by atoms with Crippen molar-refractivity contribution in [3.05, 3.63) is 23.3 Å². The van der Waals surface area contributed by atoms with Gasteiger partial charge in [-0.1, -0.05) is 0 Å². The van der Waals surface area contributed by atoms with Gasteiger partial charge in [0.2, 0.25) is 0 Å². The van der Waals surface area contributed by atoms with Gasteiger partial charge in [0.05, 0.1) is 32.3 Å². The topological polar surface area (TPSA) is 77.0 Å². The number of benzene rings is 1. The Morgan fingerprint density at radius 2 is 2.10 bits per heavy atom. The van der Waals surface area contributed by atoms with E-state index in [0.717, 1.165) is 11.1 Å². The van der Waals surface area contributed by atoms with Crippen molar-refractivity contribution in [3.63, 3.8) is 0 Å². The van der Waals surface area contributed by atoms with Crippen LogP contribution in [0.4, 0.5) is 0 Å². The van der Waals surface area contributed by atoms with E-state index in [2.05, 4.69) is 5.32 Å². The van der Waals surface area contributed by atoms with Crippen molar-refractivity contribution in [2.45, 2.75) is 19.1 Å². The highest BCUT2D eigenvalue weighted by molar-refractivity contribution is 5.71. The Bertz CT molecular complexity index is 517. The first kappa shape index (κ1) is 15.6. The smallest absolute Gasteiger partial charge is 0.307 e. The van der Waals surface area contributed by atoms with Crippen LogP contribution in [0.2, 0.25) is 0 Å². The molecular formula is C15H21NO5. The molecule has 1 heterocycles. The Morgan fingerprint density at radius 1 is 1.33 bits per heavy atom. The predicted octanol–water partition coefficient (Wildman–Crippen LogP) is 1.59. The van der Waals surface area contributed by atoms with E-state index in [9.17, 15) is 4.79 Å². The minimum absolute atomic E-state index is 0.104. The number of hydrogen-bond acceptors (Lipinski definition) is 5. The van der Waals surface area contributed by atoms with Crippen molar-refractivity contribution in [2.75, 3.05) is 27.9 Å². The first-order chi connectivity index (χ1) is 10.1. The quantitative estimate of drug-likeness (QED) is 0.830. The molecule has 6 nitrogen and oxygen atoms in total.